The van der Waals surface area contributed by atoms with Crippen molar-refractivity contribution in [3.63, 3.8) is 0 Å². The Kier molecular flexibility index (Phi) is 5.38. The molecule has 0 bridgehead atoms. The van der Waals surface area contributed by atoms with Crippen molar-refractivity contribution in [3.8, 4) is 0 Å². The van der Waals surface area contributed by atoms with Crippen molar-refractivity contribution in [2.24, 2.45) is 0 Å². The number of urea groups is 1. The Bertz CT molecular complexity index is 454. The van der Waals surface area contributed by atoms with Crippen molar-refractivity contribution in [2.45, 2.75) is 6.42 Å². The normalized spacial score (nSPS) is 9.89. The molecular weight excluding hydrogens is 263 g/mol. The number of halogens is 2. The molecular formula is C11H12ClFN2O3. The van der Waals surface area contributed by atoms with Gasteiger partial charge in [0, 0.05) is 6.54 Å². The zero-order chi connectivity index (χ0) is 13.5. The van der Waals surface area contributed by atoms with Crippen molar-refractivity contribution < 1.29 is 19.1 Å². The molecule has 18 heavy (non-hydrogen) atoms. The molecule has 0 atom stereocenters. The highest BCUT2D eigenvalue weighted by Crippen LogP contribution is 2.22. The second kappa shape index (κ2) is 6.80. The highest BCUT2D eigenvalue weighted by atomic mass is 35.5. The van der Waals surface area contributed by atoms with E-state index < -0.39 is 18.7 Å². The van der Waals surface area contributed by atoms with Gasteiger partial charge in [0.05, 0.1) is 22.9 Å². The lowest BCUT2D eigenvalue weighted by molar-refractivity contribution is 0.0697. The molecule has 0 heterocycles. The lowest BCUT2D eigenvalue weighted by Crippen LogP contribution is -2.29. The number of carbonyl (C=O) groups excluding carboxylic acids is 1. The molecule has 0 saturated heterocycles. The molecule has 0 aliphatic rings. The molecule has 0 fully saturated rings. The molecule has 5 nitrogen and oxygen atoms in total. The van der Waals surface area contributed by atoms with Crippen molar-refractivity contribution >= 4 is 29.3 Å². The summed E-state index contributed by atoms with van der Waals surface area (Å²) in [5.41, 5.74) is 0.322. The van der Waals surface area contributed by atoms with Crippen LogP contribution in [0, 0.1) is 0 Å². The molecule has 0 spiro atoms. The number of rotatable bonds is 5. The summed E-state index contributed by atoms with van der Waals surface area (Å²) in [5, 5.41) is 13.7. The van der Waals surface area contributed by atoms with E-state index in [0.717, 1.165) is 0 Å². The highest BCUT2D eigenvalue weighted by Gasteiger charge is 2.09. The Morgan fingerprint density at radius 2 is 2.11 bits per heavy atom. The van der Waals surface area contributed by atoms with Crippen molar-refractivity contribution in [2.75, 3.05) is 18.5 Å². The first-order valence-electron chi connectivity index (χ1n) is 5.18. The Morgan fingerprint density at radius 3 is 2.67 bits per heavy atom. The van der Waals surface area contributed by atoms with Crippen LogP contribution in [0.25, 0.3) is 0 Å². The summed E-state index contributed by atoms with van der Waals surface area (Å²) in [5.74, 6) is -1.10. The Morgan fingerprint density at radius 1 is 1.39 bits per heavy atom. The minimum absolute atomic E-state index is 0.0309. The van der Waals surface area contributed by atoms with Crippen molar-refractivity contribution in [1.82, 2.24) is 5.32 Å². The monoisotopic (exact) mass is 274 g/mol. The Hall–Kier alpha value is -1.82. The topological polar surface area (TPSA) is 78.4 Å². The van der Waals surface area contributed by atoms with Gasteiger partial charge in [-0.2, -0.15) is 0 Å². The van der Waals surface area contributed by atoms with Gasteiger partial charge >= 0.3 is 12.0 Å². The quantitative estimate of drug-likeness (QED) is 0.722. The van der Waals surface area contributed by atoms with Gasteiger partial charge < -0.3 is 15.7 Å². The van der Waals surface area contributed by atoms with Gasteiger partial charge in [0.1, 0.15) is 0 Å². The largest absolute Gasteiger partial charge is 0.478 e. The van der Waals surface area contributed by atoms with Crippen LogP contribution >= 0.6 is 11.6 Å². The summed E-state index contributed by atoms with van der Waals surface area (Å²) >= 11 is 5.81. The van der Waals surface area contributed by atoms with Crippen LogP contribution in [0.2, 0.25) is 5.02 Å². The van der Waals surface area contributed by atoms with E-state index in [1.54, 1.807) is 0 Å². The molecule has 2 amide bonds. The standard InChI is InChI=1S/C11H12ClFN2O3/c12-8-6-7(10(16)17)2-3-9(8)15-11(18)14-5-1-4-13/h2-3,6H,1,4-5H2,(H,16,17)(H2,14,15,18). The van der Waals surface area contributed by atoms with Crippen molar-refractivity contribution in [1.29, 1.82) is 0 Å². The summed E-state index contributed by atoms with van der Waals surface area (Å²) < 4.78 is 11.8. The third kappa shape index (κ3) is 4.21. The van der Waals surface area contributed by atoms with E-state index in [9.17, 15) is 14.0 Å². The van der Waals surface area contributed by atoms with Crippen LogP contribution in [-0.4, -0.2) is 30.3 Å². The zero-order valence-electron chi connectivity index (χ0n) is 9.37. The minimum atomic E-state index is -1.10. The zero-order valence-corrected chi connectivity index (χ0v) is 10.1. The van der Waals surface area contributed by atoms with Gasteiger partial charge in [-0.1, -0.05) is 11.6 Å². The van der Waals surface area contributed by atoms with E-state index in [1.165, 1.54) is 18.2 Å². The number of carbonyl (C=O) groups is 2. The number of hydrogen-bond donors (Lipinski definition) is 3. The molecule has 1 aromatic carbocycles. The SMILES string of the molecule is O=C(NCCCF)Nc1ccc(C(=O)O)cc1Cl. The van der Waals surface area contributed by atoms with Gasteiger partial charge in [-0.15, -0.1) is 0 Å². The van der Waals surface area contributed by atoms with Crippen LogP contribution in [0.4, 0.5) is 14.9 Å². The maximum atomic E-state index is 11.8. The smallest absolute Gasteiger partial charge is 0.335 e. The highest BCUT2D eigenvalue weighted by molar-refractivity contribution is 6.34. The van der Waals surface area contributed by atoms with Gasteiger partial charge in [-0.05, 0) is 24.6 Å². The number of aromatic carboxylic acids is 1. The lowest BCUT2D eigenvalue weighted by Gasteiger charge is -2.08. The first kappa shape index (κ1) is 14.2. The molecule has 3 N–H and O–H groups in total. The third-order valence-corrected chi connectivity index (χ3v) is 2.37. The van der Waals surface area contributed by atoms with E-state index in [-0.39, 0.29) is 23.6 Å². The maximum absolute atomic E-state index is 11.8. The van der Waals surface area contributed by atoms with Gasteiger partial charge in [0.2, 0.25) is 0 Å². The number of carboxylic acid groups (broad SMARTS) is 1. The molecule has 1 aromatic rings. The summed E-state index contributed by atoms with van der Waals surface area (Å²) in [6, 6.07) is 3.43. The molecule has 0 radical (unpaired) electrons. The number of anilines is 1. The summed E-state index contributed by atoms with van der Waals surface area (Å²) in [6.45, 7) is -0.290. The molecule has 0 saturated carbocycles. The number of carboxylic acids is 1. The van der Waals surface area contributed by atoms with Crippen LogP contribution in [0.5, 0.6) is 0 Å². The Balaban J connectivity index is 2.62. The van der Waals surface area contributed by atoms with E-state index in [4.69, 9.17) is 16.7 Å². The van der Waals surface area contributed by atoms with Crippen LogP contribution in [0.15, 0.2) is 18.2 Å². The first-order chi connectivity index (χ1) is 8.54. The predicted octanol–water partition coefficient (Wildman–Crippen LogP) is 2.52. The van der Waals surface area contributed by atoms with Gasteiger partial charge in [0.15, 0.2) is 0 Å². The predicted molar refractivity (Wildman–Crippen MR) is 66.0 cm³/mol. The summed E-state index contributed by atoms with van der Waals surface area (Å²) in [6.07, 6.45) is 0.235. The van der Waals surface area contributed by atoms with Gasteiger partial charge in [-0.25, -0.2) is 9.59 Å². The molecule has 0 unspecified atom stereocenters. The van der Waals surface area contributed by atoms with E-state index in [0.29, 0.717) is 5.69 Å². The number of amides is 2. The number of hydrogen-bond acceptors (Lipinski definition) is 2. The second-order valence-electron chi connectivity index (χ2n) is 3.42. The Labute approximate surface area is 108 Å². The van der Waals surface area contributed by atoms with E-state index in [2.05, 4.69) is 10.6 Å². The van der Waals surface area contributed by atoms with Gasteiger partial charge in [-0.3, -0.25) is 4.39 Å². The second-order valence-corrected chi connectivity index (χ2v) is 3.83. The fourth-order valence-corrected chi connectivity index (χ4v) is 1.41. The van der Waals surface area contributed by atoms with E-state index in [1.807, 2.05) is 0 Å². The van der Waals surface area contributed by atoms with Crippen LogP contribution in [-0.2, 0) is 0 Å². The maximum Gasteiger partial charge on any atom is 0.335 e. The first-order valence-corrected chi connectivity index (χ1v) is 5.56. The van der Waals surface area contributed by atoms with Crippen LogP contribution in [0.1, 0.15) is 16.8 Å². The van der Waals surface area contributed by atoms with E-state index >= 15 is 0 Å². The third-order valence-electron chi connectivity index (χ3n) is 2.06. The lowest BCUT2D eigenvalue weighted by atomic mass is 10.2. The van der Waals surface area contributed by atoms with Crippen LogP contribution in [0.3, 0.4) is 0 Å². The summed E-state index contributed by atoms with van der Waals surface area (Å²) in [7, 11) is 0. The fourth-order valence-electron chi connectivity index (χ4n) is 1.18. The molecule has 0 aromatic heterocycles. The van der Waals surface area contributed by atoms with Crippen LogP contribution < -0.4 is 10.6 Å². The molecule has 7 heteroatoms. The fraction of sp³-hybridized carbons (Fsp3) is 0.273. The number of nitrogens with one attached hydrogen (secondary N) is 2. The molecule has 0 aliphatic heterocycles. The van der Waals surface area contributed by atoms with Crippen molar-refractivity contribution in [3.05, 3.63) is 28.8 Å². The average molecular weight is 275 g/mol. The average Bonchev–Trinajstić information content (AvgIpc) is 2.32. The molecule has 1 rings (SSSR count). The van der Waals surface area contributed by atoms with Gasteiger partial charge in [0.25, 0.3) is 0 Å². The molecule has 0 aliphatic carbocycles. The number of alkyl halides is 1. The number of benzene rings is 1. The minimum Gasteiger partial charge on any atom is -0.478 e. The summed E-state index contributed by atoms with van der Waals surface area (Å²) in [4.78, 5) is 22.0. The molecule has 98 valence electrons.